The summed E-state index contributed by atoms with van der Waals surface area (Å²) < 4.78 is 10.6. The number of non-ortho nitro benzene ring substituents is 1. The van der Waals surface area contributed by atoms with Crippen LogP contribution in [-0.4, -0.2) is 63.2 Å². The molecular formula is C22H19N3O8S. The molecule has 2 aromatic carbocycles. The summed E-state index contributed by atoms with van der Waals surface area (Å²) in [5.41, 5.74) is 0.387. The second kappa shape index (κ2) is 9.91. The Morgan fingerprint density at radius 2 is 1.82 bits per heavy atom. The van der Waals surface area contributed by atoms with Crippen molar-refractivity contribution in [3.63, 3.8) is 0 Å². The van der Waals surface area contributed by atoms with Gasteiger partial charge in [0.15, 0.2) is 18.4 Å². The molecule has 2 aliphatic rings. The van der Waals surface area contributed by atoms with Crippen LogP contribution in [0.4, 0.5) is 5.69 Å². The number of amides is 2. The van der Waals surface area contributed by atoms with Crippen LogP contribution in [0.2, 0.25) is 0 Å². The zero-order chi connectivity index (χ0) is 24.2. The molecule has 2 heterocycles. The number of para-hydroxylation sites is 1. The molecule has 2 aromatic rings. The number of nitrogens with one attached hydrogen (secondary N) is 1. The molecule has 0 aliphatic carbocycles. The average molecular weight is 485 g/mol. The molecule has 3 atom stereocenters. The summed E-state index contributed by atoms with van der Waals surface area (Å²) in [5.74, 6) is -1.93. The number of ketones is 1. The number of nitro benzene ring substituents is 1. The van der Waals surface area contributed by atoms with E-state index in [9.17, 15) is 29.3 Å². The van der Waals surface area contributed by atoms with Gasteiger partial charge >= 0.3 is 5.97 Å². The molecule has 0 bridgehead atoms. The molecule has 2 aliphatic heterocycles. The maximum Gasteiger partial charge on any atom is 0.337 e. The van der Waals surface area contributed by atoms with Gasteiger partial charge in [-0.1, -0.05) is 18.2 Å². The normalized spacial score (nSPS) is 21.2. The Labute approximate surface area is 197 Å². The third kappa shape index (κ3) is 4.86. The van der Waals surface area contributed by atoms with Gasteiger partial charge in [-0.3, -0.25) is 24.5 Å². The average Bonchev–Trinajstić information content (AvgIpc) is 2.85. The van der Waals surface area contributed by atoms with Gasteiger partial charge < -0.3 is 19.7 Å². The van der Waals surface area contributed by atoms with E-state index < -0.39 is 45.9 Å². The number of β-lactam (4-membered cyclic amide) rings is 1. The SMILES string of the molecule is O=C(COc1ccccc1)N[C@@H]1C(=O)N2C(C(=O)OCc3ccc([N+](=O)[O-])cc3)C(=O)CS[C@@H]12. The van der Waals surface area contributed by atoms with Crippen molar-refractivity contribution in [3.05, 3.63) is 70.3 Å². The van der Waals surface area contributed by atoms with Crippen LogP contribution in [0.5, 0.6) is 5.75 Å². The van der Waals surface area contributed by atoms with Gasteiger partial charge in [0.1, 0.15) is 23.8 Å². The van der Waals surface area contributed by atoms with Gasteiger partial charge in [0, 0.05) is 12.1 Å². The minimum absolute atomic E-state index is 0.0152. The largest absolute Gasteiger partial charge is 0.484 e. The summed E-state index contributed by atoms with van der Waals surface area (Å²) in [7, 11) is 0. The minimum atomic E-state index is -1.40. The predicted molar refractivity (Wildman–Crippen MR) is 119 cm³/mol. The van der Waals surface area contributed by atoms with Gasteiger partial charge in [-0.2, -0.15) is 0 Å². The van der Waals surface area contributed by atoms with Crippen LogP contribution in [0.15, 0.2) is 54.6 Å². The first-order valence-electron chi connectivity index (χ1n) is 10.2. The maximum atomic E-state index is 12.7. The van der Waals surface area contributed by atoms with Crippen molar-refractivity contribution in [2.75, 3.05) is 12.4 Å². The highest BCUT2D eigenvalue weighted by Crippen LogP contribution is 2.37. The van der Waals surface area contributed by atoms with Gasteiger partial charge in [0.2, 0.25) is 5.91 Å². The molecule has 0 spiro atoms. The zero-order valence-electron chi connectivity index (χ0n) is 17.6. The van der Waals surface area contributed by atoms with E-state index in [0.717, 1.165) is 16.7 Å². The van der Waals surface area contributed by atoms with Gasteiger partial charge in [-0.15, -0.1) is 11.8 Å². The first-order chi connectivity index (χ1) is 16.3. The number of hydrogen-bond acceptors (Lipinski definition) is 9. The van der Waals surface area contributed by atoms with Crippen molar-refractivity contribution >= 4 is 41.0 Å². The van der Waals surface area contributed by atoms with Crippen molar-refractivity contribution in [1.29, 1.82) is 0 Å². The number of esters is 1. The number of hydrogen-bond donors (Lipinski definition) is 1. The van der Waals surface area contributed by atoms with Gasteiger partial charge in [-0.05, 0) is 29.8 Å². The molecule has 2 amide bonds. The minimum Gasteiger partial charge on any atom is -0.484 e. The number of ether oxygens (including phenoxy) is 2. The van der Waals surface area contributed by atoms with Crippen molar-refractivity contribution in [3.8, 4) is 5.75 Å². The number of rotatable bonds is 8. The number of nitrogens with zero attached hydrogens (tertiary/aromatic N) is 2. The highest BCUT2D eigenvalue weighted by atomic mass is 32.2. The number of carbonyl (C=O) groups excluding carboxylic acids is 4. The number of Topliss-reactive ketones (excluding diaryl/α,β-unsaturated/α-hetero) is 1. The zero-order valence-corrected chi connectivity index (χ0v) is 18.4. The quantitative estimate of drug-likeness (QED) is 0.191. The fraction of sp³-hybridized carbons (Fsp3) is 0.273. The fourth-order valence-corrected chi connectivity index (χ4v) is 4.80. The smallest absolute Gasteiger partial charge is 0.337 e. The first-order valence-corrected chi connectivity index (χ1v) is 11.2. The molecular weight excluding hydrogens is 466 g/mol. The molecule has 1 unspecified atom stereocenters. The molecule has 176 valence electrons. The Kier molecular flexibility index (Phi) is 6.77. The van der Waals surface area contributed by atoms with Gasteiger partial charge in [-0.25, -0.2) is 4.79 Å². The number of fused-ring (bicyclic) bond motifs is 1. The van der Waals surface area contributed by atoms with E-state index in [4.69, 9.17) is 9.47 Å². The number of nitro groups is 1. The number of carbonyl (C=O) groups is 4. The Morgan fingerprint density at radius 1 is 1.12 bits per heavy atom. The second-order valence-electron chi connectivity index (χ2n) is 7.49. The second-order valence-corrected chi connectivity index (χ2v) is 8.60. The summed E-state index contributed by atoms with van der Waals surface area (Å²) in [6, 6.07) is 11.9. The lowest BCUT2D eigenvalue weighted by molar-refractivity contribution is -0.384. The summed E-state index contributed by atoms with van der Waals surface area (Å²) in [6.45, 7) is -0.498. The van der Waals surface area contributed by atoms with Crippen LogP contribution in [0.3, 0.4) is 0 Å². The Bertz CT molecular complexity index is 1120. The topological polar surface area (TPSA) is 145 Å². The molecule has 0 radical (unpaired) electrons. The van der Waals surface area contributed by atoms with Crippen LogP contribution in [0, 0.1) is 10.1 Å². The third-order valence-electron chi connectivity index (χ3n) is 5.24. The highest BCUT2D eigenvalue weighted by molar-refractivity contribution is 8.00. The summed E-state index contributed by atoms with van der Waals surface area (Å²) in [4.78, 5) is 61.2. The number of thioether (sulfide) groups is 1. The van der Waals surface area contributed by atoms with Crippen molar-refractivity contribution in [2.24, 2.45) is 0 Å². The van der Waals surface area contributed by atoms with E-state index in [1.807, 2.05) is 6.07 Å². The van der Waals surface area contributed by atoms with Gasteiger partial charge in [0.05, 0.1) is 10.7 Å². The Morgan fingerprint density at radius 3 is 2.50 bits per heavy atom. The molecule has 2 fully saturated rings. The van der Waals surface area contributed by atoms with E-state index in [1.165, 1.54) is 24.3 Å². The molecule has 11 nitrogen and oxygen atoms in total. The lowest BCUT2D eigenvalue weighted by Gasteiger charge is -2.51. The van der Waals surface area contributed by atoms with Crippen LogP contribution in [-0.2, 0) is 30.5 Å². The summed E-state index contributed by atoms with van der Waals surface area (Å²) >= 11 is 1.16. The lowest BCUT2D eigenvalue weighted by Crippen LogP contribution is -2.76. The third-order valence-corrected chi connectivity index (χ3v) is 6.53. The van der Waals surface area contributed by atoms with Crippen LogP contribution in [0.25, 0.3) is 0 Å². The Balaban J connectivity index is 1.32. The van der Waals surface area contributed by atoms with Gasteiger partial charge in [0.25, 0.3) is 11.6 Å². The van der Waals surface area contributed by atoms with E-state index in [1.54, 1.807) is 24.3 Å². The fourth-order valence-electron chi connectivity index (χ4n) is 3.54. The molecule has 4 rings (SSSR count). The van der Waals surface area contributed by atoms with E-state index in [2.05, 4.69) is 5.32 Å². The lowest BCUT2D eigenvalue weighted by atomic mass is 10.0. The van der Waals surface area contributed by atoms with Crippen LogP contribution in [0.1, 0.15) is 5.56 Å². The van der Waals surface area contributed by atoms with Crippen LogP contribution >= 0.6 is 11.8 Å². The van der Waals surface area contributed by atoms with Crippen molar-refractivity contribution in [2.45, 2.75) is 24.1 Å². The summed E-state index contributed by atoms with van der Waals surface area (Å²) in [5, 5.41) is 12.7. The number of benzene rings is 2. The molecule has 0 aromatic heterocycles. The predicted octanol–water partition coefficient (Wildman–Crippen LogP) is 1.05. The molecule has 34 heavy (non-hydrogen) atoms. The maximum absolute atomic E-state index is 12.7. The standard InChI is InChI=1S/C22H19N3O8S/c26-16-12-34-21-18(23-17(27)11-32-15-4-2-1-3-5-15)20(28)24(21)19(16)22(29)33-10-13-6-8-14(9-7-13)25(30)31/h1-9,18-19,21H,10-12H2,(H,23,27)/t18-,19?,21+/m1/s1. The van der Waals surface area contributed by atoms with E-state index >= 15 is 0 Å². The first kappa shape index (κ1) is 23.2. The Hall–Kier alpha value is -3.93. The van der Waals surface area contributed by atoms with E-state index in [-0.39, 0.29) is 24.7 Å². The molecule has 1 N–H and O–H groups in total. The van der Waals surface area contributed by atoms with Crippen molar-refractivity contribution in [1.82, 2.24) is 10.2 Å². The molecule has 12 heteroatoms. The highest BCUT2D eigenvalue weighted by Gasteiger charge is 2.58. The van der Waals surface area contributed by atoms with Crippen molar-refractivity contribution < 1.29 is 33.6 Å². The molecule has 0 saturated carbocycles. The molecule has 2 saturated heterocycles. The monoisotopic (exact) mass is 485 g/mol. The van der Waals surface area contributed by atoms with Crippen LogP contribution < -0.4 is 10.1 Å². The van der Waals surface area contributed by atoms with E-state index in [0.29, 0.717) is 11.3 Å². The summed E-state index contributed by atoms with van der Waals surface area (Å²) in [6.07, 6.45) is 0.